The molecule has 6 nitrogen and oxygen atoms in total. The van der Waals surface area contributed by atoms with Crippen LogP contribution in [0.5, 0.6) is 0 Å². The van der Waals surface area contributed by atoms with Gasteiger partial charge in [0.15, 0.2) is 5.96 Å². The monoisotopic (exact) mass is 434 g/mol. The third kappa shape index (κ3) is 8.75. The maximum Gasteiger partial charge on any atom is 0.241 e. The van der Waals surface area contributed by atoms with Gasteiger partial charge in [0.2, 0.25) is 5.91 Å². The molecule has 0 unspecified atom stereocenters. The summed E-state index contributed by atoms with van der Waals surface area (Å²) in [6.07, 6.45) is 0. The van der Waals surface area contributed by atoms with E-state index in [2.05, 4.69) is 15.6 Å². The van der Waals surface area contributed by atoms with Crippen LogP contribution in [0.3, 0.4) is 0 Å². The molecule has 0 aliphatic rings. The summed E-state index contributed by atoms with van der Waals surface area (Å²) in [5.41, 5.74) is 2.24. The summed E-state index contributed by atoms with van der Waals surface area (Å²) in [5, 5.41) is 6.16. The van der Waals surface area contributed by atoms with E-state index in [9.17, 15) is 4.79 Å². The van der Waals surface area contributed by atoms with E-state index in [-0.39, 0.29) is 36.4 Å². The number of hydrogen-bond acceptors (Lipinski definition) is 3. The van der Waals surface area contributed by atoms with E-state index in [1.54, 1.807) is 26.1 Å². The van der Waals surface area contributed by atoms with Gasteiger partial charge in [-0.3, -0.25) is 4.79 Å². The largest absolute Gasteiger partial charge is 0.380 e. The van der Waals surface area contributed by atoms with Crippen molar-refractivity contribution in [2.45, 2.75) is 20.1 Å². The molecular weight excluding hydrogens is 407 g/mol. The second-order valence-electron chi connectivity index (χ2n) is 5.09. The molecule has 1 aromatic rings. The number of aliphatic imine (C=N–C) groups is 1. The molecule has 1 rings (SSSR count). The molecule has 0 heterocycles. The molecule has 23 heavy (non-hydrogen) atoms. The molecule has 130 valence electrons. The molecule has 1 amide bonds. The van der Waals surface area contributed by atoms with Gasteiger partial charge < -0.3 is 20.3 Å². The summed E-state index contributed by atoms with van der Waals surface area (Å²) in [6.45, 7) is 4.13. The average Bonchev–Trinajstić information content (AvgIpc) is 2.51. The Hall–Kier alpha value is -1.35. The van der Waals surface area contributed by atoms with Crippen LogP contribution in [-0.4, -0.2) is 51.1 Å². The molecule has 0 saturated heterocycles. The number of likely N-dealkylation sites (N-methyl/N-ethyl adjacent to an activating group) is 1. The first-order chi connectivity index (χ1) is 10.6. The van der Waals surface area contributed by atoms with E-state index >= 15 is 0 Å². The lowest BCUT2D eigenvalue weighted by Gasteiger charge is -2.14. The van der Waals surface area contributed by atoms with Crippen molar-refractivity contribution in [3.63, 3.8) is 0 Å². The number of carbonyl (C=O) groups excluding carboxylic acids is 1. The van der Waals surface area contributed by atoms with Crippen molar-refractivity contribution < 1.29 is 9.53 Å². The Labute approximate surface area is 155 Å². The second kappa shape index (κ2) is 12.1. The Balaban J connectivity index is 0.00000484. The number of amides is 1. The van der Waals surface area contributed by atoms with Crippen molar-refractivity contribution in [3.05, 3.63) is 35.4 Å². The Bertz CT molecular complexity index is 489. The minimum Gasteiger partial charge on any atom is -0.380 e. The molecular formula is C16H27IN4O2. The molecule has 2 N–H and O–H groups in total. The maximum atomic E-state index is 11.6. The third-order valence-corrected chi connectivity index (χ3v) is 3.00. The smallest absolute Gasteiger partial charge is 0.241 e. The van der Waals surface area contributed by atoms with Crippen LogP contribution in [0.4, 0.5) is 0 Å². The Morgan fingerprint density at radius 1 is 1.17 bits per heavy atom. The highest BCUT2D eigenvalue weighted by molar-refractivity contribution is 14.0. The number of halogens is 1. The van der Waals surface area contributed by atoms with E-state index in [0.717, 1.165) is 17.7 Å². The van der Waals surface area contributed by atoms with Crippen molar-refractivity contribution in [1.82, 2.24) is 15.5 Å². The Morgan fingerprint density at radius 3 is 2.30 bits per heavy atom. The normalized spacial score (nSPS) is 10.7. The Kier molecular flexibility index (Phi) is 11.4. The van der Waals surface area contributed by atoms with Gasteiger partial charge in [0.05, 0.1) is 19.7 Å². The van der Waals surface area contributed by atoms with E-state index in [4.69, 9.17) is 4.74 Å². The standard InChI is InChI=1S/C16H26N4O2.HI/c1-5-17-16(19-11-15(21)20(2)3)18-10-13-6-8-14(9-7-13)12-22-4;/h6-9H,5,10-12H2,1-4H3,(H2,17,18,19);1H. The highest BCUT2D eigenvalue weighted by Crippen LogP contribution is 2.06. The number of guanidine groups is 1. The predicted molar refractivity (Wildman–Crippen MR) is 104 cm³/mol. The highest BCUT2D eigenvalue weighted by atomic mass is 127. The molecule has 0 fully saturated rings. The average molecular weight is 434 g/mol. The van der Waals surface area contributed by atoms with Gasteiger partial charge in [0.25, 0.3) is 0 Å². The molecule has 0 bridgehead atoms. The van der Waals surface area contributed by atoms with Crippen LogP contribution in [0.15, 0.2) is 29.3 Å². The molecule has 0 aromatic heterocycles. The van der Waals surface area contributed by atoms with E-state index in [1.165, 1.54) is 0 Å². The van der Waals surface area contributed by atoms with Crippen LogP contribution in [-0.2, 0) is 22.7 Å². The number of nitrogens with one attached hydrogen (secondary N) is 2. The lowest BCUT2D eigenvalue weighted by Crippen LogP contribution is -2.42. The quantitative estimate of drug-likeness (QED) is 0.389. The fourth-order valence-electron chi connectivity index (χ4n) is 1.74. The minimum atomic E-state index is 0. The fraction of sp³-hybridized carbons (Fsp3) is 0.500. The minimum absolute atomic E-state index is 0. The SMILES string of the molecule is CCNC(=NCc1ccc(COC)cc1)NCC(=O)N(C)C.I. The van der Waals surface area contributed by atoms with Crippen molar-refractivity contribution in [2.75, 3.05) is 34.3 Å². The van der Waals surface area contributed by atoms with E-state index in [1.807, 2.05) is 31.2 Å². The van der Waals surface area contributed by atoms with Crippen molar-refractivity contribution in [1.29, 1.82) is 0 Å². The number of methoxy groups -OCH3 is 1. The van der Waals surface area contributed by atoms with Gasteiger partial charge in [0, 0.05) is 27.7 Å². The lowest BCUT2D eigenvalue weighted by atomic mass is 10.1. The van der Waals surface area contributed by atoms with Gasteiger partial charge in [-0.2, -0.15) is 0 Å². The number of rotatable bonds is 7. The first kappa shape index (κ1) is 21.6. The molecule has 0 aliphatic carbocycles. The summed E-state index contributed by atoms with van der Waals surface area (Å²) in [6, 6.07) is 8.13. The molecule has 1 aromatic carbocycles. The molecule has 0 aliphatic heterocycles. The van der Waals surface area contributed by atoms with Crippen LogP contribution in [0, 0.1) is 0 Å². The number of ether oxygens (including phenoxy) is 1. The van der Waals surface area contributed by atoms with Crippen LogP contribution >= 0.6 is 24.0 Å². The number of benzene rings is 1. The van der Waals surface area contributed by atoms with Crippen molar-refractivity contribution in [3.8, 4) is 0 Å². The van der Waals surface area contributed by atoms with Gasteiger partial charge in [0.1, 0.15) is 0 Å². The summed E-state index contributed by atoms with van der Waals surface area (Å²) in [4.78, 5) is 17.6. The molecule has 0 spiro atoms. The van der Waals surface area contributed by atoms with Crippen LogP contribution < -0.4 is 10.6 Å². The molecule has 0 radical (unpaired) electrons. The summed E-state index contributed by atoms with van der Waals surface area (Å²) in [5.74, 6) is 0.646. The number of nitrogens with zero attached hydrogens (tertiary/aromatic N) is 2. The van der Waals surface area contributed by atoms with Gasteiger partial charge in [-0.25, -0.2) is 4.99 Å². The number of carbonyl (C=O) groups is 1. The topological polar surface area (TPSA) is 66.0 Å². The first-order valence-corrected chi connectivity index (χ1v) is 7.36. The van der Waals surface area contributed by atoms with Gasteiger partial charge in [-0.05, 0) is 18.1 Å². The molecule has 7 heteroatoms. The predicted octanol–water partition coefficient (Wildman–Crippen LogP) is 1.59. The zero-order valence-electron chi connectivity index (χ0n) is 14.3. The fourth-order valence-corrected chi connectivity index (χ4v) is 1.74. The maximum absolute atomic E-state index is 11.6. The van der Waals surface area contributed by atoms with Crippen LogP contribution in [0.1, 0.15) is 18.1 Å². The van der Waals surface area contributed by atoms with Gasteiger partial charge in [-0.1, -0.05) is 24.3 Å². The van der Waals surface area contributed by atoms with Gasteiger partial charge >= 0.3 is 0 Å². The lowest BCUT2D eigenvalue weighted by molar-refractivity contribution is -0.127. The zero-order chi connectivity index (χ0) is 16.4. The van der Waals surface area contributed by atoms with Gasteiger partial charge in [-0.15, -0.1) is 24.0 Å². The second-order valence-corrected chi connectivity index (χ2v) is 5.09. The van der Waals surface area contributed by atoms with Crippen LogP contribution in [0.2, 0.25) is 0 Å². The summed E-state index contributed by atoms with van der Waals surface area (Å²) < 4.78 is 5.09. The first-order valence-electron chi connectivity index (χ1n) is 7.36. The zero-order valence-corrected chi connectivity index (χ0v) is 16.6. The third-order valence-electron chi connectivity index (χ3n) is 3.00. The Morgan fingerprint density at radius 2 is 1.78 bits per heavy atom. The number of hydrogen-bond donors (Lipinski definition) is 2. The van der Waals surface area contributed by atoms with Crippen molar-refractivity contribution >= 4 is 35.8 Å². The van der Waals surface area contributed by atoms with E-state index < -0.39 is 0 Å². The highest BCUT2D eigenvalue weighted by Gasteiger charge is 2.05. The summed E-state index contributed by atoms with van der Waals surface area (Å²) >= 11 is 0. The summed E-state index contributed by atoms with van der Waals surface area (Å²) in [7, 11) is 5.15. The van der Waals surface area contributed by atoms with Crippen LogP contribution in [0.25, 0.3) is 0 Å². The van der Waals surface area contributed by atoms with Crippen molar-refractivity contribution in [2.24, 2.45) is 4.99 Å². The molecule has 0 atom stereocenters. The van der Waals surface area contributed by atoms with E-state index in [0.29, 0.717) is 19.1 Å². The molecule has 0 saturated carbocycles.